The molecule has 0 aliphatic rings. The summed E-state index contributed by atoms with van der Waals surface area (Å²) in [5.74, 6) is -1.53. The van der Waals surface area contributed by atoms with E-state index in [9.17, 15) is 17.9 Å². The second-order valence-corrected chi connectivity index (χ2v) is 8.57. The van der Waals surface area contributed by atoms with Gasteiger partial charge in [0, 0.05) is 13.1 Å². The molecule has 0 atom stereocenters. The summed E-state index contributed by atoms with van der Waals surface area (Å²) in [6.45, 7) is 9.34. The molecule has 1 heterocycles. The van der Waals surface area contributed by atoms with Crippen LogP contribution in [-0.4, -0.2) is 40.7 Å². The number of phenolic OH excluding ortho intramolecular Hbond substituents is 1. The molecule has 0 amide bonds. The zero-order chi connectivity index (χ0) is 20.5. The minimum absolute atomic E-state index is 0.00717. The number of aromatic hydroxyl groups is 1. The Balaban J connectivity index is 2.69. The van der Waals surface area contributed by atoms with E-state index in [1.807, 2.05) is 13.8 Å². The smallest absolute Gasteiger partial charge is 0.246 e. The molecule has 0 saturated carbocycles. The van der Waals surface area contributed by atoms with E-state index in [-0.39, 0.29) is 33.5 Å². The van der Waals surface area contributed by atoms with E-state index in [1.165, 1.54) is 17.3 Å². The van der Waals surface area contributed by atoms with Crippen LogP contribution in [0.25, 0.3) is 5.69 Å². The highest BCUT2D eigenvalue weighted by Gasteiger charge is 2.31. The van der Waals surface area contributed by atoms with Gasteiger partial charge in [-0.25, -0.2) is 17.5 Å². The second kappa shape index (κ2) is 7.66. The molecule has 1 aromatic carbocycles. The van der Waals surface area contributed by atoms with Crippen LogP contribution in [0, 0.1) is 36.9 Å². The lowest BCUT2D eigenvalue weighted by molar-refractivity contribution is 0.380. The quantitative estimate of drug-likeness (QED) is 0.812. The van der Waals surface area contributed by atoms with Crippen molar-refractivity contribution in [2.45, 2.75) is 39.5 Å². The maximum Gasteiger partial charge on any atom is 0.246 e. The Morgan fingerprint density at radius 3 is 2.52 bits per heavy atom. The van der Waals surface area contributed by atoms with Gasteiger partial charge >= 0.3 is 0 Å². The minimum Gasteiger partial charge on any atom is -0.503 e. The van der Waals surface area contributed by atoms with Gasteiger partial charge in [0.2, 0.25) is 10.0 Å². The summed E-state index contributed by atoms with van der Waals surface area (Å²) in [5.41, 5.74) is 0.379. The van der Waals surface area contributed by atoms with E-state index in [4.69, 9.17) is 5.26 Å². The third kappa shape index (κ3) is 3.82. The van der Waals surface area contributed by atoms with Crippen LogP contribution < -0.4 is 0 Å². The molecule has 9 heteroatoms. The first-order valence-corrected chi connectivity index (χ1v) is 9.97. The summed E-state index contributed by atoms with van der Waals surface area (Å²) in [7, 11) is -3.82. The number of phenols is 1. The molecule has 0 bridgehead atoms. The van der Waals surface area contributed by atoms with Crippen molar-refractivity contribution < 1.29 is 17.9 Å². The van der Waals surface area contributed by atoms with Gasteiger partial charge in [0.1, 0.15) is 10.6 Å². The number of aromatic nitrogens is 2. The normalized spacial score (nSPS) is 12.0. The van der Waals surface area contributed by atoms with Gasteiger partial charge in [-0.3, -0.25) is 0 Å². The van der Waals surface area contributed by atoms with Crippen LogP contribution in [0.15, 0.2) is 17.0 Å². The van der Waals surface area contributed by atoms with Crippen molar-refractivity contribution in [2.75, 3.05) is 13.1 Å². The number of rotatable bonds is 6. The molecular weight excluding hydrogens is 371 g/mol. The summed E-state index contributed by atoms with van der Waals surface area (Å²) in [6.07, 6.45) is 0. The highest BCUT2D eigenvalue weighted by Crippen LogP contribution is 2.31. The Morgan fingerprint density at radius 2 is 2.00 bits per heavy atom. The van der Waals surface area contributed by atoms with Crippen LogP contribution in [0.2, 0.25) is 0 Å². The highest BCUT2D eigenvalue weighted by atomic mass is 32.2. The molecule has 0 radical (unpaired) electrons. The number of benzene rings is 1. The number of hydrogen-bond acceptors (Lipinski definition) is 5. The lowest BCUT2D eigenvalue weighted by Crippen LogP contribution is -2.34. The van der Waals surface area contributed by atoms with Crippen LogP contribution >= 0.6 is 0 Å². The molecule has 27 heavy (non-hydrogen) atoms. The third-order valence-electron chi connectivity index (χ3n) is 4.14. The van der Waals surface area contributed by atoms with E-state index < -0.39 is 21.6 Å². The van der Waals surface area contributed by atoms with Gasteiger partial charge in [-0.15, -0.1) is 0 Å². The lowest BCUT2D eigenvalue weighted by atomic mass is 10.2. The monoisotopic (exact) mass is 394 g/mol. The number of sulfonamides is 1. The maximum atomic E-state index is 13.9. The third-order valence-corrected chi connectivity index (χ3v) is 6.34. The molecule has 1 N–H and O–H groups in total. The largest absolute Gasteiger partial charge is 0.503 e. The first kappa shape index (κ1) is 20.9. The number of halogens is 1. The van der Waals surface area contributed by atoms with Crippen LogP contribution in [0.5, 0.6) is 5.75 Å². The van der Waals surface area contributed by atoms with E-state index in [0.29, 0.717) is 13.1 Å². The zero-order valence-corrected chi connectivity index (χ0v) is 16.8. The fourth-order valence-corrected chi connectivity index (χ4v) is 4.95. The maximum absolute atomic E-state index is 13.9. The molecule has 0 fully saturated rings. The van der Waals surface area contributed by atoms with Gasteiger partial charge in [-0.1, -0.05) is 20.8 Å². The highest BCUT2D eigenvalue weighted by molar-refractivity contribution is 7.89. The average Bonchev–Trinajstić information content (AvgIpc) is 2.89. The van der Waals surface area contributed by atoms with Crippen molar-refractivity contribution in [3.05, 3.63) is 34.9 Å². The second-order valence-electron chi connectivity index (χ2n) is 6.70. The lowest BCUT2D eigenvalue weighted by Gasteiger charge is -2.22. The molecule has 1 aromatic heterocycles. The van der Waals surface area contributed by atoms with Crippen molar-refractivity contribution in [2.24, 2.45) is 5.92 Å². The molecule has 0 spiro atoms. The molecule has 7 nitrogen and oxygen atoms in total. The number of nitriles is 1. The van der Waals surface area contributed by atoms with Crippen molar-refractivity contribution >= 4 is 10.0 Å². The van der Waals surface area contributed by atoms with Crippen molar-refractivity contribution in [1.29, 1.82) is 5.26 Å². The molecule has 0 aliphatic carbocycles. The predicted octanol–water partition coefficient (Wildman–Crippen LogP) is 2.87. The number of hydrogen-bond donors (Lipinski definition) is 1. The summed E-state index contributed by atoms with van der Waals surface area (Å²) < 4.78 is 42.8. The Labute approximate surface area is 158 Å². The average molecular weight is 394 g/mol. The number of nitrogens with zero attached hydrogens (tertiary/aromatic N) is 4. The zero-order valence-electron chi connectivity index (χ0n) is 16.0. The molecule has 0 aliphatic heterocycles. The van der Waals surface area contributed by atoms with Crippen LogP contribution in [0.4, 0.5) is 4.39 Å². The fourth-order valence-electron chi connectivity index (χ4n) is 2.98. The molecule has 146 valence electrons. The van der Waals surface area contributed by atoms with Crippen molar-refractivity contribution in [1.82, 2.24) is 14.1 Å². The Hall–Kier alpha value is -2.44. The molecule has 2 aromatic rings. The van der Waals surface area contributed by atoms with E-state index in [2.05, 4.69) is 5.10 Å². The SMILES string of the molecule is CCN(CC(C)C)S(=O)(=O)c1c(C)nn(-c2cc(C#N)cc(F)c2O)c1C. The van der Waals surface area contributed by atoms with Crippen molar-refractivity contribution in [3.8, 4) is 17.5 Å². The molecule has 0 unspecified atom stereocenters. The van der Waals surface area contributed by atoms with Gasteiger partial charge in [0.15, 0.2) is 11.6 Å². The van der Waals surface area contributed by atoms with Crippen LogP contribution in [-0.2, 0) is 10.0 Å². The summed E-state index contributed by atoms with van der Waals surface area (Å²) in [6, 6.07) is 3.98. The Morgan fingerprint density at radius 1 is 1.37 bits per heavy atom. The van der Waals surface area contributed by atoms with E-state index in [1.54, 1.807) is 19.9 Å². The van der Waals surface area contributed by atoms with Gasteiger partial charge in [0.05, 0.1) is 23.0 Å². The Bertz CT molecular complexity index is 1010. The predicted molar refractivity (Wildman–Crippen MR) is 98.6 cm³/mol. The first-order valence-electron chi connectivity index (χ1n) is 8.53. The van der Waals surface area contributed by atoms with E-state index in [0.717, 1.165) is 10.7 Å². The van der Waals surface area contributed by atoms with Crippen LogP contribution in [0.3, 0.4) is 0 Å². The summed E-state index contributed by atoms with van der Waals surface area (Å²) in [4.78, 5) is 0.0205. The van der Waals surface area contributed by atoms with Gasteiger partial charge in [0.25, 0.3) is 0 Å². The number of aryl methyl sites for hydroxylation is 1. The minimum atomic E-state index is -3.82. The van der Waals surface area contributed by atoms with Gasteiger partial charge in [-0.05, 0) is 31.9 Å². The Kier molecular flexibility index (Phi) is 5.92. The fraction of sp³-hybridized carbons (Fsp3) is 0.444. The van der Waals surface area contributed by atoms with Gasteiger partial charge in [-0.2, -0.15) is 14.7 Å². The summed E-state index contributed by atoms with van der Waals surface area (Å²) >= 11 is 0. The first-order chi connectivity index (χ1) is 12.5. The van der Waals surface area contributed by atoms with Crippen molar-refractivity contribution in [3.63, 3.8) is 0 Å². The molecule has 0 saturated heterocycles. The summed E-state index contributed by atoms with van der Waals surface area (Å²) in [5, 5.41) is 23.3. The van der Waals surface area contributed by atoms with Crippen LogP contribution in [0.1, 0.15) is 37.7 Å². The van der Waals surface area contributed by atoms with Gasteiger partial charge < -0.3 is 5.11 Å². The molecular formula is C18H23FN4O3S. The van der Waals surface area contributed by atoms with E-state index >= 15 is 0 Å². The standard InChI is InChI=1S/C18H23FN4O3S/c1-6-22(10-11(2)3)27(25,26)18-12(4)21-23(13(18)5)16-8-14(9-20)7-15(19)17(16)24/h7-8,11,24H,6,10H2,1-5H3. The molecule has 2 rings (SSSR count). The topological polar surface area (TPSA) is 99.2 Å².